The number of aromatic nitrogens is 2. The van der Waals surface area contributed by atoms with E-state index in [1.807, 2.05) is 37.3 Å². The number of carbonyl (C=O) groups is 1. The van der Waals surface area contributed by atoms with E-state index in [-0.39, 0.29) is 11.8 Å². The Bertz CT molecular complexity index is 701. The molecule has 1 saturated carbocycles. The molecule has 1 aromatic heterocycles. The van der Waals surface area contributed by atoms with Gasteiger partial charge in [-0.3, -0.25) is 4.79 Å². The van der Waals surface area contributed by atoms with Crippen LogP contribution in [0.4, 0.5) is 5.69 Å². The van der Waals surface area contributed by atoms with Crippen molar-refractivity contribution in [3.8, 4) is 11.4 Å². The van der Waals surface area contributed by atoms with E-state index in [9.17, 15) is 4.79 Å². The zero-order chi connectivity index (χ0) is 16.2. The molecule has 1 fully saturated rings. The highest BCUT2D eigenvalue weighted by Gasteiger charge is 2.31. The summed E-state index contributed by atoms with van der Waals surface area (Å²) in [7, 11) is 0. The van der Waals surface area contributed by atoms with Gasteiger partial charge in [-0.2, -0.15) is 0 Å². The van der Waals surface area contributed by atoms with E-state index in [1.165, 1.54) is 0 Å². The average molecular weight is 310 g/mol. The van der Waals surface area contributed by atoms with Crippen molar-refractivity contribution in [2.45, 2.75) is 26.2 Å². The predicted molar refractivity (Wildman–Crippen MR) is 90.7 cm³/mol. The lowest BCUT2D eigenvalue weighted by Gasteiger charge is -2.17. The molecule has 2 atom stereocenters. The van der Waals surface area contributed by atoms with Gasteiger partial charge in [0.2, 0.25) is 5.91 Å². The number of hydrogen-bond donors (Lipinski definition) is 2. The third kappa shape index (κ3) is 3.56. The van der Waals surface area contributed by atoms with Crippen LogP contribution in [0.5, 0.6) is 0 Å². The van der Waals surface area contributed by atoms with Gasteiger partial charge in [-0.25, -0.2) is 9.97 Å². The molecule has 0 radical (unpaired) electrons. The minimum atomic E-state index is 0.0267. The van der Waals surface area contributed by atoms with Crippen molar-refractivity contribution in [1.29, 1.82) is 0 Å². The summed E-state index contributed by atoms with van der Waals surface area (Å²) in [5.41, 5.74) is 8.37. The fraction of sp³-hybridized carbons (Fsp3) is 0.389. The van der Waals surface area contributed by atoms with Gasteiger partial charge in [-0.05, 0) is 50.4 Å². The Hall–Kier alpha value is -2.27. The number of benzene rings is 1. The molecule has 23 heavy (non-hydrogen) atoms. The third-order valence-electron chi connectivity index (χ3n) is 4.48. The van der Waals surface area contributed by atoms with Gasteiger partial charge in [0, 0.05) is 29.1 Å². The number of nitrogens with one attached hydrogen (secondary N) is 1. The summed E-state index contributed by atoms with van der Waals surface area (Å²) in [6.45, 7) is 2.51. The molecule has 5 heteroatoms. The van der Waals surface area contributed by atoms with Crippen molar-refractivity contribution in [3.63, 3.8) is 0 Å². The molecule has 0 aliphatic heterocycles. The molecule has 3 rings (SSSR count). The zero-order valence-electron chi connectivity index (χ0n) is 13.3. The number of hydrogen-bond acceptors (Lipinski definition) is 4. The Balaban J connectivity index is 1.76. The molecule has 1 aliphatic rings. The lowest BCUT2D eigenvalue weighted by molar-refractivity contribution is -0.120. The molecule has 1 aliphatic carbocycles. The minimum Gasteiger partial charge on any atom is -0.330 e. The Morgan fingerprint density at radius 3 is 3.00 bits per heavy atom. The van der Waals surface area contributed by atoms with Crippen LogP contribution in [-0.4, -0.2) is 22.4 Å². The molecule has 120 valence electrons. The van der Waals surface area contributed by atoms with Crippen molar-refractivity contribution < 1.29 is 4.79 Å². The van der Waals surface area contributed by atoms with Gasteiger partial charge in [0.25, 0.3) is 0 Å². The monoisotopic (exact) mass is 310 g/mol. The first-order chi connectivity index (χ1) is 11.2. The van der Waals surface area contributed by atoms with Gasteiger partial charge < -0.3 is 11.1 Å². The second kappa shape index (κ2) is 6.87. The van der Waals surface area contributed by atoms with Gasteiger partial charge in [-0.15, -0.1) is 0 Å². The summed E-state index contributed by atoms with van der Waals surface area (Å²) in [6.07, 6.45) is 4.80. The lowest BCUT2D eigenvalue weighted by atomic mass is 9.95. The maximum absolute atomic E-state index is 12.5. The SMILES string of the molecule is Cc1ccnc(-c2cccc(NC(=O)[C@@H]3CCC[C@@H]3CN)c2)n1. The van der Waals surface area contributed by atoms with Crippen LogP contribution in [0.2, 0.25) is 0 Å². The number of nitrogens with two attached hydrogens (primary N) is 1. The highest BCUT2D eigenvalue weighted by atomic mass is 16.1. The number of amides is 1. The van der Waals surface area contributed by atoms with Crippen molar-refractivity contribution in [3.05, 3.63) is 42.2 Å². The maximum atomic E-state index is 12.5. The minimum absolute atomic E-state index is 0.0267. The van der Waals surface area contributed by atoms with Gasteiger partial charge in [0.15, 0.2) is 5.82 Å². The Kier molecular flexibility index (Phi) is 4.67. The van der Waals surface area contributed by atoms with Crippen LogP contribution in [0, 0.1) is 18.8 Å². The summed E-state index contributed by atoms with van der Waals surface area (Å²) in [5, 5.41) is 3.02. The molecule has 5 nitrogen and oxygen atoms in total. The lowest BCUT2D eigenvalue weighted by Crippen LogP contribution is -2.29. The van der Waals surface area contributed by atoms with Crippen LogP contribution in [0.15, 0.2) is 36.5 Å². The first kappa shape index (κ1) is 15.6. The molecule has 0 unspecified atom stereocenters. The quantitative estimate of drug-likeness (QED) is 0.910. The highest BCUT2D eigenvalue weighted by molar-refractivity contribution is 5.93. The Morgan fingerprint density at radius 2 is 2.22 bits per heavy atom. The van der Waals surface area contributed by atoms with Gasteiger partial charge in [0.1, 0.15) is 0 Å². The van der Waals surface area contributed by atoms with Crippen LogP contribution < -0.4 is 11.1 Å². The fourth-order valence-corrected chi connectivity index (χ4v) is 3.22. The van der Waals surface area contributed by atoms with E-state index < -0.39 is 0 Å². The summed E-state index contributed by atoms with van der Waals surface area (Å²) in [5.74, 6) is 1.07. The standard InChI is InChI=1S/C18H22N4O/c1-12-8-9-20-17(21-12)13-4-2-6-15(10-13)22-18(23)16-7-3-5-14(16)11-19/h2,4,6,8-10,14,16H,3,5,7,11,19H2,1H3,(H,22,23)/t14-,16-/m1/s1. The second-order valence-corrected chi connectivity index (χ2v) is 6.12. The largest absolute Gasteiger partial charge is 0.330 e. The molecule has 0 saturated heterocycles. The molecule has 3 N–H and O–H groups in total. The fourth-order valence-electron chi connectivity index (χ4n) is 3.22. The van der Waals surface area contributed by atoms with Crippen LogP contribution in [0.3, 0.4) is 0 Å². The molecule has 0 bridgehead atoms. The van der Waals surface area contributed by atoms with Crippen molar-refractivity contribution in [2.24, 2.45) is 17.6 Å². The smallest absolute Gasteiger partial charge is 0.227 e. The second-order valence-electron chi connectivity index (χ2n) is 6.12. The van der Waals surface area contributed by atoms with E-state index in [4.69, 9.17) is 5.73 Å². The van der Waals surface area contributed by atoms with Crippen LogP contribution in [-0.2, 0) is 4.79 Å². The highest BCUT2D eigenvalue weighted by Crippen LogP contribution is 2.32. The normalized spacial score (nSPS) is 20.4. The van der Waals surface area contributed by atoms with E-state index >= 15 is 0 Å². The van der Waals surface area contributed by atoms with Crippen LogP contribution >= 0.6 is 0 Å². The van der Waals surface area contributed by atoms with Crippen molar-refractivity contribution >= 4 is 11.6 Å². The number of nitrogens with zero attached hydrogens (tertiary/aromatic N) is 2. The summed E-state index contributed by atoms with van der Waals surface area (Å²) >= 11 is 0. The van der Waals surface area contributed by atoms with Gasteiger partial charge in [0.05, 0.1) is 0 Å². The maximum Gasteiger partial charge on any atom is 0.227 e. The Labute approximate surface area is 136 Å². The summed E-state index contributed by atoms with van der Waals surface area (Å²) in [6, 6.07) is 9.53. The first-order valence-corrected chi connectivity index (χ1v) is 8.08. The first-order valence-electron chi connectivity index (χ1n) is 8.08. The molecule has 1 aromatic carbocycles. The van der Waals surface area contributed by atoms with Gasteiger partial charge >= 0.3 is 0 Å². The van der Waals surface area contributed by atoms with Gasteiger partial charge in [-0.1, -0.05) is 18.6 Å². The number of rotatable bonds is 4. The molecule has 1 heterocycles. The molecular weight excluding hydrogens is 288 g/mol. The van der Waals surface area contributed by atoms with E-state index in [0.717, 1.165) is 36.2 Å². The number of carbonyl (C=O) groups excluding carboxylic acids is 1. The Morgan fingerprint density at radius 1 is 1.35 bits per heavy atom. The molecular formula is C18H22N4O. The number of anilines is 1. The van der Waals surface area contributed by atoms with E-state index in [0.29, 0.717) is 18.3 Å². The number of aryl methyl sites for hydroxylation is 1. The molecule has 2 aromatic rings. The van der Waals surface area contributed by atoms with E-state index in [2.05, 4.69) is 15.3 Å². The van der Waals surface area contributed by atoms with Crippen molar-refractivity contribution in [2.75, 3.05) is 11.9 Å². The summed E-state index contributed by atoms with van der Waals surface area (Å²) in [4.78, 5) is 21.2. The van der Waals surface area contributed by atoms with Crippen molar-refractivity contribution in [1.82, 2.24) is 9.97 Å². The van der Waals surface area contributed by atoms with Crippen LogP contribution in [0.25, 0.3) is 11.4 Å². The summed E-state index contributed by atoms with van der Waals surface area (Å²) < 4.78 is 0. The predicted octanol–water partition coefficient (Wildman–Crippen LogP) is 2.77. The van der Waals surface area contributed by atoms with Crippen LogP contribution in [0.1, 0.15) is 25.0 Å². The molecule has 1 amide bonds. The average Bonchev–Trinajstić information content (AvgIpc) is 3.04. The molecule has 0 spiro atoms. The zero-order valence-corrected chi connectivity index (χ0v) is 13.3. The van der Waals surface area contributed by atoms with E-state index in [1.54, 1.807) is 6.20 Å². The topological polar surface area (TPSA) is 80.9 Å². The third-order valence-corrected chi connectivity index (χ3v) is 4.48.